The zero-order valence-electron chi connectivity index (χ0n) is 19.3. The zero-order valence-corrected chi connectivity index (χ0v) is 21.8. The number of piperidine rings is 1. The van der Waals surface area contributed by atoms with Crippen LogP contribution in [0.15, 0.2) is 41.3 Å². The Labute approximate surface area is 213 Å². The maximum absolute atomic E-state index is 13.2. The predicted octanol–water partition coefficient (Wildman–Crippen LogP) is 3.95. The maximum Gasteiger partial charge on any atom is 0.314 e. The van der Waals surface area contributed by atoms with Gasteiger partial charge in [0.25, 0.3) is 0 Å². The van der Waals surface area contributed by atoms with Crippen LogP contribution in [0, 0.1) is 5.92 Å². The van der Waals surface area contributed by atoms with Crippen molar-refractivity contribution < 1.29 is 32.2 Å². The van der Waals surface area contributed by atoms with E-state index < -0.39 is 10.0 Å². The third kappa shape index (κ3) is 5.23. The van der Waals surface area contributed by atoms with Crippen LogP contribution in [0.1, 0.15) is 23.0 Å². The molecule has 0 spiro atoms. The van der Waals surface area contributed by atoms with E-state index in [2.05, 4.69) is 0 Å². The SMILES string of the molecule is COc1cc(C2SCCS2)ccc1OC(=O)C1CCN(S(=O)(=O)c2ccc3c(c2)OCCO3)CC1. The lowest BCUT2D eigenvalue weighted by Gasteiger charge is -2.30. The van der Waals surface area contributed by atoms with Crippen molar-refractivity contribution in [2.45, 2.75) is 22.3 Å². The quantitative estimate of drug-likeness (QED) is 0.401. The molecular weight excluding hydrogens is 510 g/mol. The maximum atomic E-state index is 13.2. The van der Waals surface area contributed by atoms with E-state index in [1.807, 2.05) is 35.7 Å². The van der Waals surface area contributed by atoms with E-state index >= 15 is 0 Å². The average Bonchev–Trinajstić information content (AvgIpc) is 3.44. The van der Waals surface area contributed by atoms with E-state index in [9.17, 15) is 13.2 Å². The normalized spacial score (nSPS) is 19.5. The molecule has 3 aliphatic rings. The molecule has 2 saturated heterocycles. The number of fused-ring (bicyclic) bond motifs is 1. The summed E-state index contributed by atoms with van der Waals surface area (Å²) in [6.45, 7) is 1.30. The molecule has 0 radical (unpaired) electrons. The molecule has 0 atom stereocenters. The lowest BCUT2D eigenvalue weighted by molar-refractivity contribution is -0.140. The number of esters is 1. The number of rotatable bonds is 6. The molecule has 2 aromatic carbocycles. The average molecular weight is 538 g/mol. The van der Waals surface area contributed by atoms with E-state index in [0.29, 0.717) is 53.6 Å². The molecule has 2 fully saturated rings. The van der Waals surface area contributed by atoms with Crippen molar-refractivity contribution in [3.8, 4) is 23.0 Å². The number of carbonyl (C=O) groups excluding carboxylic acids is 1. The van der Waals surface area contributed by atoms with E-state index in [4.69, 9.17) is 18.9 Å². The van der Waals surface area contributed by atoms with Crippen molar-refractivity contribution in [1.82, 2.24) is 4.31 Å². The molecule has 0 aliphatic carbocycles. The first kappa shape index (κ1) is 24.6. The lowest BCUT2D eigenvalue weighted by Crippen LogP contribution is -2.41. The molecule has 0 bridgehead atoms. The summed E-state index contributed by atoms with van der Waals surface area (Å²) in [7, 11) is -2.14. The van der Waals surface area contributed by atoms with Gasteiger partial charge in [0.15, 0.2) is 23.0 Å². The molecule has 8 nitrogen and oxygen atoms in total. The smallest absolute Gasteiger partial charge is 0.314 e. The Bertz CT molecular complexity index is 1190. The highest BCUT2D eigenvalue weighted by atomic mass is 32.2. The monoisotopic (exact) mass is 537 g/mol. The lowest BCUT2D eigenvalue weighted by atomic mass is 9.98. The minimum Gasteiger partial charge on any atom is -0.493 e. The second-order valence-corrected chi connectivity index (χ2v) is 13.1. The number of thioether (sulfide) groups is 2. The van der Waals surface area contributed by atoms with E-state index in [1.165, 1.54) is 16.4 Å². The Kier molecular flexibility index (Phi) is 7.38. The van der Waals surface area contributed by atoms with Gasteiger partial charge in [-0.2, -0.15) is 4.31 Å². The van der Waals surface area contributed by atoms with Gasteiger partial charge in [-0.3, -0.25) is 4.79 Å². The third-order valence-electron chi connectivity index (χ3n) is 6.23. The number of hydrogen-bond donors (Lipinski definition) is 0. The standard InChI is InChI=1S/C24H27NO7S3/c1-29-21-14-17(24-33-12-13-34-24)2-4-20(21)32-23(26)16-6-8-25(9-7-16)35(27,28)18-3-5-19-22(15-18)31-11-10-30-19/h2-5,14-16,24H,6-13H2,1H3. The van der Waals surface area contributed by atoms with Crippen LogP contribution in [0.2, 0.25) is 0 Å². The largest absolute Gasteiger partial charge is 0.493 e. The number of carbonyl (C=O) groups is 1. The van der Waals surface area contributed by atoms with Crippen molar-refractivity contribution in [1.29, 1.82) is 0 Å². The number of sulfonamides is 1. The zero-order chi connectivity index (χ0) is 24.4. The highest BCUT2D eigenvalue weighted by molar-refractivity contribution is 8.19. The number of methoxy groups -OCH3 is 1. The number of ether oxygens (including phenoxy) is 4. The Morgan fingerprint density at radius 1 is 0.971 bits per heavy atom. The third-order valence-corrected chi connectivity index (χ3v) is 11.2. The van der Waals surface area contributed by atoms with Gasteiger partial charge >= 0.3 is 5.97 Å². The van der Waals surface area contributed by atoms with Crippen LogP contribution in [-0.4, -0.2) is 63.6 Å². The van der Waals surface area contributed by atoms with Crippen LogP contribution in [0.4, 0.5) is 0 Å². The van der Waals surface area contributed by atoms with Crippen LogP contribution in [0.3, 0.4) is 0 Å². The Hall–Kier alpha value is -2.08. The molecule has 11 heteroatoms. The molecule has 5 rings (SSSR count). The molecule has 0 saturated carbocycles. The van der Waals surface area contributed by atoms with Crippen molar-refractivity contribution in [2.24, 2.45) is 5.92 Å². The number of hydrogen-bond acceptors (Lipinski definition) is 9. The van der Waals surface area contributed by atoms with Crippen molar-refractivity contribution in [3.05, 3.63) is 42.0 Å². The fourth-order valence-corrected chi connectivity index (χ4v) is 8.65. The molecule has 3 aliphatic heterocycles. The van der Waals surface area contributed by atoms with Crippen LogP contribution in [0.5, 0.6) is 23.0 Å². The molecule has 0 aromatic heterocycles. The van der Waals surface area contributed by atoms with Crippen LogP contribution >= 0.6 is 23.5 Å². The first-order chi connectivity index (χ1) is 17.0. The molecule has 2 aromatic rings. The van der Waals surface area contributed by atoms with Crippen LogP contribution < -0.4 is 18.9 Å². The summed E-state index contributed by atoms with van der Waals surface area (Å²) in [6, 6.07) is 10.3. The molecule has 35 heavy (non-hydrogen) atoms. The van der Waals surface area contributed by atoms with Gasteiger partial charge in [-0.25, -0.2) is 8.42 Å². The number of nitrogens with zero attached hydrogens (tertiary/aromatic N) is 1. The van der Waals surface area contributed by atoms with Crippen molar-refractivity contribution in [3.63, 3.8) is 0 Å². The van der Waals surface area contributed by atoms with Crippen molar-refractivity contribution >= 4 is 39.5 Å². The molecule has 0 amide bonds. The molecular formula is C24H27NO7S3. The summed E-state index contributed by atoms with van der Waals surface area (Å²) in [5.74, 6) is 3.39. The Balaban J connectivity index is 1.21. The number of benzene rings is 2. The topological polar surface area (TPSA) is 91.4 Å². The van der Waals surface area contributed by atoms with Crippen molar-refractivity contribution in [2.75, 3.05) is 44.9 Å². The fourth-order valence-electron chi connectivity index (χ4n) is 4.32. The van der Waals surface area contributed by atoms with Gasteiger partial charge in [-0.1, -0.05) is 6.07 Å². The summed E-state index contributed by atoms with van der Waals surface area (Å²) >= 11 is 3.79. The molecule has 0 unspecified atom stereocenters. The highest BCUT2D eigenvalue weighted by Gasteiger charge is 2.34. The second-order valence-electron chi connectivity index (χ2n) is 8.39. The minimum atomic E-state index is -3.71. The van der Waals surface area contributed by atoms with Gasteiger partial charge in [-0.05, 0) is 42.7 Å². The summed E-state index contributed by atoms with van der Waals surface area (Å²) in [5.41, 5.74) is 1.15. The van der Waals surface area contributed by atoms with E-state index in [1.54, 1.807) is 19.2 Å². The minimum absolute atomic E-state index is 0.159. The predicted molar refractivity (Wildman–Crippen MR) is 135 cm³/mol. The fraction of sp³-hybridized carbons (Fsp3) is 0.458. The Morgan fingerprint density at radius 3 is 2.40 bits per heavy atom. The van der Waals surface area contributed by atoms with Gasteiger partial charge < -0.3 is 18.9 Å². The summed E-state index contributed by atoms with van der Waals surface area (Å²) in [4.78, 5) is 13.0. The molecule has 188 valence electrons. The van der Waals surface area contributed by atoms with E-state index in [-0.39, 0.29) is 29.9 Å². The van der Waals surface area contributed by atoms with Gasteiger partial charge in [0.2, 0.25) is 10.0 Å². The van der Waals surface area contributed by atoms with Gasteiger partial charge in [0.1, 0.15) is 13.2 Å². The van der Waals surface area contributed by atoms with Crippen LogP contribution in [0.25, 0.3) is 0 Å². The summed E-state index contributed by atoms with van der Waals surface area (Å²) < 4.78 is 50.3. The summed E-state index contributed by atoms with van der Waals surface area (Å²) in [6.07, 6.45) is 0.775. The molecule has 0 N–H and O–H groups in total. The highest BCUT2D eigenvalue weighted by Crippen LogP contribution is 2.47. The summed E-state index contributed by atoms with van der Waals surface area (Å²) in [5, 5.41) is 0. The Morgan fingerprint density at radius 2 is 1.69 bits per heavy atom. The molecule has 3 heterocycles. The first-order valence-corrected chi connectivity index (χ1v) is 15.0. The first-order valence-electron chi connectivity index (χ1n) is 11.5. The van der Waals surface area contributed by atoms with Gasteiger partial charge in [-0.15, -0.1) is 23.5 Å². The van der Waals surface area contributed by atoms with Crippen LogP contribution in [-0.2, 0) is 14.8 Å². The van der Waals surface area contributed by atoms with Gasteiger partial charge in [0.05, 0.1) is 22.5 Å². The second kappa shape index (κ2) is 10.5. The van der Waals surface area contributed by atoms with Gasteiger partial charge in [0, 0.05) is 30.7 Å². The van der Waals surface area contributed by atoms with E-state index in [0.717, 1.165) is 17.1 Å².